The number of hydrogen-bond donors (Lipinski definition) is 0. The van der Waals surface area contributed by atoms with Crippen LogP contribution in [0.25, 0.3) is 0 Å². The fourth-order valence-corrected chi connectivity index (χ4v) is 1.50. The van der Waals surface area contributed by atoms with Crippen molar-refractivity contribution >= 4 is 5.97 Å². The number of rotatable bonds is 2. The van der Waals surface area contributed by atoms with Crippen LogP contribution >= 0.6 is 0 Å². The van der Waals surface area contributed by atoms with Crippen molar-refractivity contribution in [2.45, 2.75) is 6.10 Å². The molecule has 2 heteroatoms. The van der Waals surface area contributed by atoms with E-state index in [1.165, 1.54) is 0 Å². The van der Waals surface area contributed by atoms with Crippen molar-refractivity contribution in [2.75, 3.05) is 0 Å². The molecule has 0 amide bonds. The van der Waals surface area contributed by atoms with Crippen LogP contribution in [0.4, 0.5) is 0 Å². The normalized spacial score (nSPS) is 19.4. The first-order valence-corrected chi connectivity index (χ1v) is 4.42. The molecule has 2 nitrogen and oxygen atoms in total. The fraction of sp³-hybridized carbons (Fsp3) is 0.0833. The van der Waals surface area contributed by atoms with Gasteiger partial charge in [0.05, 0.1) is 5.56 Å². The van der Waals surface area contributed by atoms with E-state index in [-0.39, 0.29) is 12.1 Å². The highest BCUT2D eigenvalue weighted by Gasteiger charge is 2.28. The van der Waals surface area contributed by atoms with Gasteiger partial charge in [-0.05, 0) is 12.1 Å². The standard InChI is InChI=1S/C12H10O2/c1-2-3-8-11-9-6-4-5-7-10(9)12(13)14-11/h2-8,11H,1H2. The van der Waals surface area contributed by atoms with Crippen LogP contribution in [0.5, 0.6) is 0 Å². The Morgan fingerprint density at radius 2 is 2.14 bits per heavy atom. The summed E-state index contributed by atoms with van der Waals surface area (Å²) in [5, 5.41) is 0. The summed E-state index contributed by atoms with van der Waals surface area (Å²) in [5.41, 5.74) is 1.59. The molecule has 70 valence electrons. The summed E-state index contributed by atoms with van der Waals surface area (Å²) >= 11 is 0. The largest absolute Gasteiger partial charge is 0.450 e. The van der Waals surface area contributed by atoms with E-state index < -0.39 is 0 Å². The van der Waals surface area contributed by atoms with E-state index in [1.54, 1.807) is 18.2 Å². The number of carbonyl (C=O) groups is 1. The molecule has 0 aliphatic carbocycles. The SMILES string of the molecule is C=CC=CC1OC(=O)c2ccccc21. The minimum atomic E-state index is -0.253. The Labute approximate surface area is 82.5 Å². The van der Waals surface area contributed by atoms with Gasteiger partial charge in [0, 0.05) is 5.56 Å². The van der Waals surface area contributed by atoms with Gasteiger partial charge < -0.3 is 4.74 Å². The molecule has 1 aliphatic heterocycles. The Balaban J connectivity index is 2.39. The number of ether oxygens (including phenoxy) is 1. The molecule has 1 aliphatic rings. The van der Waals surface area contributed by atoms with Crippen LogP contribution in [0.15, 0.2) is 49.1 Å². The minimum Gasteiger partial charge on any atom is -0.450 e. The molecule has 0 saturated heterocycles. The Morgan fingerprint density at radius 3 is 2.93 bits per heavy atom. The quantitative estimate of drug-likeness (QED) is 0.524. The highest BCUT2D eigenvalue weighted by molar-refractivity contribution is 5.94. The second-order valence-electron chi connectivity index (χ2n) is 3.03. The van der Waals surface area contributed by atoms with Gasteiger partial charge in [0.1, 0.15) is 6.10 Å². The van der Waals surface area contributed by atoms with Gasteiger partial charge in [-0.2, -0.15) is 0 Å². The molecule has 1 aromatic rings. The predicted molar refractivity (Wildman–Crippen MR) is 53.9 cm³/mol. The zero-order valence-corrected chi connectivity index (χ0v) is 7.64. The first-order chi connectivity index (χ1) is 6.83. The van der Waals surface area contributed by atoms with Gasteiger partial charge in [-0.1, -0.05) is 36.9 Å². The highest BCUT2D eigenvalue weighted by Crippen LogP contribution is 2.30. The van der Waals surface area contributed by atoms with Crippen molar-refractivity contribution in [2.24, 2.45) is 0 Å². The maximum atomic E-state index is 11.4. The van der Waals surface area contributed by atoms with Gasteiger partial charge in [0.2, 0.25) is 0 Å². The van der Waals surface area contributed by atoms with Crippen LogP contribution in [-0.4, -0.2) is 5.97 Å². The van der Waals surface area contributed by atoms with Crippen LogP contribution in [0.3, 0.4) is 0 Å². The average molecular weight is 186 g/mol. The first kappa shape index (κ1) is 8.75. The van der Waals surface area contributed by atoms with Crippen LogP contribution in [0, 0.1) is 0 Å². The van der Waals surface area contributed by atoms with Crippen LogP contribution < -0.4 is 0 Å². The van der Waals surface area contributed by atoms with Crippen molar-refractivity contribution in [3.8, 4) is 0 Å². The molecule has 1 aromatic carbocycles. The third-order valence-corrected chi connectivity index (χ3v) is 2.14. The molecule has 0 fully saturated rings. The maximum Gasteiger partial charge on any atom is 0.339 e. The first-order valence-electron chi connectivity index (χ1n) is 4.42. The van der Waals surface area contributed by atoms with Crippen LogP contribution in [0.1, 0.15) is 22.0 Å². The summed E-state index contributed by atoms with van der Waals surface area (Å²) in [7, 11) is 0. The molecule has 2 rings (SSSR count). The number of hydrogen-bond acceptors (Lipinski definition) is 2. The molecule has 0 aromatic heterocycles. The molecule has 0 bridgehead atoms. The van der Waals surface area contributed by atoms with Crippen molar-refractivity contribution in [3.63, 3.8) is 0 Å². The number of carbonyl (C=O) groups excluding carboxylic acids is 1. The average Bonchev–Trinajstić information content (AvgIpc) is 2.54. The number of esters is 1. The molecule has 14 heavy (non-hydrogen) atoms. The van der Waals surface area contributed by atoms with Gasteiger partial charge in [-0.25, -0.2) is 4.79 Å². The van der Waals surface area contributed by atoms with Gasteiger partial charge in [0.25, 0.3) is 0 Å². The van der Waals surface area contributed by atoms with Crippen molar-refractivity contribution < 1.29 is 9.53 Å². The summed E-state index contributed by atoms with van der Waals surface area (Å²) in [6.07, 6.45) is 5.00. The monoisotopic (exact) mass is 186 g/mol. The smallest absolute Gasteiger partial charge is 0.339 e. The second-order valence-corrected chi connectivity index (χ2v) is 3.03. The van der Waals surface area contributed by atoms with Crippen molar-refractivity contribution in [1.82, 2.24) is 0 Å². The van der Waals surface area contributed by atoms with E-state index in [0.29, 0.717) is 5.56 Å². The minimum absolute atomic E-state index is 0.251. The molecule has 1 heterocycles. The zero-order valence-electron chi connectivity index (χ0n) is 7.64. The molecule has 0 spiro atoms. The lowest BCUT2D eigenvalue weighted by Crippen LogP contribution is -1.94. The predicted octanol–water partition coefficient (Wildman–Crippen LogP) is 2.64. The van der Waals surface area contributed by atoms with E-state index in [0.717, 1.165) is 5.56 Å². The molecule has 0 N–H and O–H groups in total. The summed E-state index contributed by atoms with van der Waals surface area (Å²) in [6.45, 7) is 3.57. The third kappa shape index (κ3) is 1.35. The summed E-state index contributed by atoms with van der Waals surface area (Å²) in [6, 6.07) is 7.41. The van der Waals surface area contributed by atoms with E-state index in [9.17, 15) is 4.79 Å². The topological polar surface area (TPSA) is 26.3 Å². The van der Waals surface area contributed by atoms with Crippen molar-refractivity contribution in [1.29, 1.82) is 0 Å². The molecule has 0 saturated carbocycles. The lowest BCUT2D eigenvalue weighted by atomic mass is 10.1. The summed E-state index contributed by atoms with van der Waals surface area (Å²) < 4.78 is 5.16. The lowest BCUT2D eigenvalue weighted by molar-refractivity contribution is 0.0467. The van der Waals surface area contributed by atoms with E-state index in [1.807, 2.05) is 24.3 Å². The van der Waals surface area contributed by atoms with Gasteiger partial charge in [-0.3, -0.25) is 0 Å². The highest BCUT2D eigenvalue weighted by atomic mass is 16.5. The van der Waals surface area contributed by atoms with Crippen molar-refractivity contribution in [3.05, 3.63) is 60.2 Å². The number of allylic oxidation sites excluding steroid dienone is 2. The van der Waals surface area contributed by atoms with E-state index in [4.69, 9.17) is 4.74 Å². The summed E-state index contributed by atoms with van der Waals surface area (Å²) in [4.78, 5) is 11.4. The Bertz CT molecular complexity index is 405. The summed E-state index contributed by atoms with van der Waals surface area (Å²) in [5.74, 6) is -0.251. The van der Waals surface area contributed by atoms with E-state index in [2.05, 4.69) is 6.58 Å². The maximum absolute atomic E-state index is 11.4. The Hall–Kier alpha value is -1.83. The molecular weight excluding hydrogens is 176 g/mol. The Kier molecular flexibility index (Phi) is 2.19. The van der Waals surface area contributed by atoms with Gasteiger partial charge in [-0.15, -0.1) is 0 Å². The fourth-order valence-electron chi connectivity index (χ4n) is 1.50. The van der Waals surface area contributed by atoms with Gasteiger partial charge >= 0.3 is 5.97 Å². The van der Waals surface area contributed by atoms with Gasteiger partial charge in [0.15, 0.2) is 0 Å². The number of fused-ring (bicyclic) bond motifs is 1. The van der Waals surface area contributed by atoms with Crippen LogP contribution in [-0.2, 0) is 4.74 Å². The number of benzene rings is 1. The van der Waals surface area contributed by atoms with E-state index >= 15 is 0 Å². The zero-order chi connectivity index (χ0) is 9.97. The molecular formula is C12H10O2. The number of cyclic esters (lactones) is 1. The Morgan fingerprint density at radius 1 is 1.36 bits per heavy atom. The molecule has 1 unspecified atom stereocenters. The second kappa shape index (κ2) is 3.50. The van der Waals surface area contributed by atoms with Crippen LogP contribution in [0.2, 0.25) is 0 Å². The molecule has 1 atom stereocenters. The third-order valence-electron chi connectivity index (χ3n) is 2.14. The lowest BCUT2D eigenvalue weighted by Gasteiger charge is -2.02. The molecule has 0 radical (unpaired) electrons.